The first kappa shape index (κ1) is 24.8. The van der Waals surface area contributed by atoms with Crippen molar-refractivity contribution in [2.24, 2.45) is 5.92 Å². The lowest BCUT2D eigenvalue weighted by Gasteiger charge is -2.33. The maximum Gasteiger partial charge on any atom is 0.308 e. The van der Waals surface area contributed by atoms with Gasteiger partial charge in [-0.1, -0.05) is 12.0 Å². The number of benzene rings is 1. The number of halogens is 1. The van der Waals surface area contributed by atoms with E-state index in [4.69, 9.17) is 4.98 Å². The molecule has 1 N–H and O–H groups in total. The Kier molecular flexibility index (Phi) is 6.77. The molecule has 5 rings (SSSR count). The van der Waals surface area contributed by atoms with Crippen LogP contribution in [-0.2, 0) is 16.1 Å². The Balaban J connectivity index is 1.48. The molecule has 2 heterocycles. The molecule has 1 aromatic carbocycles. The van der Waals surface area contributed by atoms with Gasteiger partial charge in [-0.25, -0.2) is 4.98 Å². The molecule has 0 radical (unpaired) electrons. The van der Waals surface area contributed by atoms with Crippen LogP contribution in [0.15, 0.2) is 24.3 Å². The predicted octanol–water partition coefficient (Wildman–Crippen LogP) is 5.16. The number of pyridine rings is 1. The minimum absolute atomic E-state index is 0.00904. The van der Waals surface area contributed by atoms with E-state index in [1.807, 2.05) is 24.0 Å². The zero-order chi connectivity index (χ0) is 25.6. The highest BCUT2D eigenvalue weighted by atomic mass is 127. The molecule has 0 saturated heterocycles. The van der Waals surface area contributed by atoms with E-state index in [1.54, 1.807) is 17.9 Å². The van der Waals surface area contributed by atoms with Crippen LogP contribution in [-0.4, -0.2) is 38.8 Å². The fourth-order valence-corrected chi connectivity index (χ4v) is 5.82. The summed E-state index contributed by atoms with van der Waals surface area (Å²) in [6.45, 7) is 4.11. The standard InChI is InChI=1S/C28H28IN3O4/c1-3-4-25(33)32(23-13-16(2)22(29)14-21(23)17-5-6-17)24-12-9-19-15-31(27(34)26(19)30-24)20-10-7-18(8-11-20)28(35)36/h9,12-14,17-18,20H,5-8,10-11,15H2,1-2H3,(H,35,36)/t18-,20-. The SMILES string of the molecule is CC#CC(=O)N(c1ccc2c(n1)C(=O)N([C@H]1CC[C@H](C(=O)O)CC1)C2)c1cc(C)c(I)cc1C1CC1. The number of carboxylic acid groups (broad SMARTS) is 1. The van der Waals surface area contributed by atoms with Crippen LogP contribution in [0, 0.1) is 28.3 Å². The molecule has 0 spiro atoms. The summed E-state index contributed by atoms with van der Waals surface area (Å²) in [6, 6.07) is 7.87. The molecule has 3 aliphatic rings. The Hall–Kier alpha value is -2.93. The quantitative estimate of drug-likeness (QED) is 0.380. The predicted molar refractivity (Wildman–Crippen MR) is 144 cm³/mol. The van der Waals surface area contributed by atoms with Gasteiger partial charge in [0.15, 0.2) is 0 Å². The molecule has 36 heavy (non-hydrogen) atoms. The summed E-state index contributed by atoms with van der Waals surface area (Å²) < 4.78 is 1.15. The maximum absolute atomic E-state index is 13.4. The molecular weight excluding hydrogens is 569 g/mol. The van der Waals surface area contributed by atoms with Crippen LogP contribution in [0.5, 0.6) is 0 Å². The van der Waals surface area contributed by atoms with Crippen molar-refractivity contribution in [1.82, 2.24) is 9.88 Å². The highest BCUT2D eigenvalue weighted by Gasteiger charge is 2.38. The molecule has 2 fully saturated rings. The third kappa shape index (κ3) is 4.61. The van der Waals surface area contributed by atoms with E-state index in [1.165, 1.54) is 0 Å². The molecular formula is C28H28IN3O4. The molecule has 1 aliphatic heterocycles. The summed E-state index contributed by atoms with van der Waals surface area (Å²) in [6.07, 6.45) is 4.67. The van der Waals surface area contributed by atoms with Gasteiger partial charge in [0.1, 0.15) is 11.5 Å². The molecule has 2 amide bonds. The number of carboxylic acids is 1. The number of anilines is 2. The van der Waals surface area contributed by atoms with Gasteiger partial charge in [0.2, 0.25) is 0 Å². The van der Waals surface area contributed by atoms with Gasteiger partial charge in [0.05, 0.1) is 11.6 Å². The highest BCUT2D eigenvalue weighted by molar-refractivity contribution is 14.1. The van der Waals surface area contributed by atoms with Crippen molar-refractivity contribution < 1.29 is 19.5 Å². The normalized spacial score (nSPS) is 21.0. The number of rotatable bonds is 5. The van der Waals surface area contributed by atoms with E-state index in [0.29, 0.717) is 49.7 Å². The van der Waals surface area contributed by atoms with Crippen molar-refractivity contribution in [3.63, 3.8) is 0 Å². The van der Waals surface area contributed by atoms with Crippen molar-refractivity contribution in [2.45, 2.75) is 70.9 Å². The Morgan fingerprint density at radius 2 is 1.86 bits per heavy atom. The van der Waals surface area contributed by atoms with E-state index >= 15 is 0 Å². The summed E-state index contributed by atoms with van der Waals surface area (Å²) in [5, 5.41) is 9.30. The van der Waals surface area contributed by atoms with Crippen LogP contribution >= 0.6 is 22.6 Å². The molecule has 0 bridgehead atoms. The number of aryl methyl sites for hydroxylation is 1. The first-order valence-corrected chi connectivity index (χ1v) is 13.5. The van der Waals surface area contributed by atoms with Crippen molar-refractivity contribution >= 4 is 51.9 Å². The number of carbonyl (C=O) groups excluding carboxylic acids is 2. The lowest BCUT2D eigenvalue weighted by atomic mass is 9.85. The fourth-order valence-electron chi connectivity index (χ4n) is 5.33. The van der Waals surface area contributed by atoms with Crippen LogP contribution in [0.4, 0.5) is 11.5 Å². The summed E-state index contributed by atoms with van der Waals surface area (Å²) in [7, 11) is 0. The first-order chi connectivity index (χ1) is 17.3. The number of nitrogens with zero attached hydrogens (tertiary/aromatic N) is 3. The lowest BCUT2D eigenvalue weighted by molar-refractivity contribution is -0.143. The van der Waals surface area contributed by atoms with E-state index in [2.05, 4.69) is 40.5 Å². The molecule has 8 heteroatoms. The summed E-state index contributed by atoms with van der Waals surface area (Å²) in [4.78, 5) is 46.1. The van der Waals surface area contributed by atoms with Gasteiger partial charge in [0.25, 0.3) is 5.91 Å². The highest BCUT2D eigenvalue weighted by Crippen LogP contribution is 2.47. The average molecular weight is 597 g/mol. The zero-order valence-corrected chi connectivity index (χ0v) is 22.5. The van der Waals surface area contributed by atoms with Gasteiger partial charge in [-0.15, -0.1) is 0 Å². The van der Waals surface area contributed by atoms with Gasteiger partial charge in [-0.05, 0) is 116 Å². The Labute approximate surface area is 224 Å². The van der Waals surface area contributed by atoms with Crippen LogP contribution in [0.1, 0.15) is 78.5 Å². The largest absolute Gasteiger partial charge is 0.481 e. The second kappa shape index (κ2) is 9.85. The van der Waals surface area contributed by atoms with Crippen molar-refractivity contribution in [1.29, 1.82) is 0 Å². The molecule has 2 saturated carbocycles. The minimum Gasteiger partial charge on any atom is -0.481 e. The van der Waals surface area contributed by atoms with Gasteiger partial charge in [0, 0.05) is 21.7 Å². The summed E-state index contributed by atoms with van der Waals surface area (Å²) >= 11 is 2.32. The third-order valence-corrected chi connectivity index (χ3v) is 8.65. The molecule has 0 atom stereocenters. The van der Waals surface area contributed by atoms with Gasteiger partial charge in [-0.3, -0.25) is 19.3 Å². The topological polar surface area (TPSA) is 90.8 Å². The third-order valence-electron chi connectivity index (χ3n) is 7.49. The van der Waals surface area contributed by atoms with E-state index in [0.717, 1.165) is 38.8 Å². The molecule has 186 valence electrons. The number of carbonyl (C=O) groups is 3. The molecule has 7 nitrogen and oxygen atoms in total. The van der Waals surface area contributed by atoms with Gasteiger partial charge < -0.3 is 10.0 Å². The summed E-state index contributed by atoms with van der Waals surface area (Å²) in [5.41, 5.74) is 4.16. The van der Waals surface area contributed by atoms with Crippen LogP contribution < -0.4 is 4.90 Å². The number of hydrogen-bond acceptors (Lipinski definition) is 4. The molecule has 1 aromatic heterocycles. The molecule has 0 unspecified atom stereocenters. The monoisotopic (exact) mass is 597 g/mol. The van der Waals surface area contributed by atoms with Gasteiger partial charge >= 0.3 is 11.9 Å². The maximum atomic E-state index is 13.4. The van der Waals surface area contributed by atoms with E-state index in [-0.39, 0.29) is 23.8 Å². The van der Waals surface area contributed by atoms with Gasteiger partial charge in [-0.2, -0.15) is 0 Å². The van der Waals surface area contributed by atoms with Crippen molar-refractivity contribution in [3.8, 4) is 11.8 Å². The van der Waals surface area contributed by atoms with Crippen molar-refractivity contribution in [3.05, 3.63) is 50.2 Å². The Morgan fingerprint density at radius 3 is 2.50 bits per heavy atom. The van der Waals surface area contributed by atoms with Crippen LogP contribution in [0.25, 0.3) is 0 Å². The minimum atomic E-state index is -0.757. The number of hydrogen-bond donors (Lipinski definition) is 1. The smallest absolute Gasteiger partial charge is 0.308 e. The summed E-state index contributed by atoms with van der Waals surface area (Å²) in [5.74, 6) is 4.57. The van der Waals surface area contributed by atoms with Crippen LogP contribution in [0.2, 0.25) is 0 Å². The Bertz CT molecular complexity index is 1320. The second-order valence-electron chi connectivity index (χ2n) is 9.90. The first-order valence-electron chi connectivity index (χ1n) is 12.4. The number of fused-ring (bicyclic) bond motifs is 1. The lowest BCUT2D eigenvalue weighted by Crippen LogP contribution is -2.39. The number of amides is 2. The van der Waals surface area contributed by atoms with Crippen LogP contribution in [0.3, 0.4) is 0 Å². The number of aliphatic carboxylic acids is 1. The fraction of sp³-hybridized carbons (Fsp3) is 0.429. The zero-order valence-electron chi connectivity index (χ0n) is 20.4. The average Bonchev–Trinajstić information content (AvgIpc) is 3.65. The van der Waals surface area contributed by atoms with Crippen molar-refractivity contribution in [2.75, 3.05) is 4.90 Å². The second-order valence-corrected chi connectivity index (χ2v) is 11.1. The molecule has 2 aromatic rings. The number of aromatic nitrogens is 1. The van der Waals surface area contributed by atoms with E-state index < -0.39 is 5.97 Å². The van der Waals surface area contributed by atoms with E-state index in [9.17, 15) is 19.5 Å². The Morgan fingerprint density at radius 1 is 1.14 bits per heavy atom. The molecule has 2 aliphatic carbocycles.